The number of anilines is 1. The van der Waals surface area contributed by atoms with E-state index in [1.807, 2.05) is 0 Å². The van der Waals surface area contributed by atoms with Gasteiger partial charge in [-0.3, -0.25) is 9.52 Å². The van der Waals surface area contributed by atoms with Crippen LogP contribution in [0, 0.1) is 0 Å². The molecule has 1 aromatic rings. The minimum Gasteiger partial charge on any atom is -0.399 e. The fourth-order valence-corrected chi connectivity index (χ4v) is 1.54. The molecular weight excluding hydrogens is 192 g/mol. The summed E-state index contributed by atoms with van der Waals surface area (Å²) < 4.78 is 24.0. The number of benzene rings is 1. The standard InChI is InChI=1S/C7H8N2O3S/c8-6-1-3-7(4-2-6)13(11,12)9-5-10/h1-5H,8H2,(H,9,10). The lowest BCUT2D eigenvalue weighted by Gasteiger charge is -2.01. The highest BCUT2D eigenvalue weighted by molar-refractivity contribution is 7.90. The zero-order chi connectivity index (χ0) is 9.90. The molecule has 6 heteroatoms. The van der Waals surface area contributed by atoms with Crippen LogP contribution >= 0.6 is 0 Å². The Hall–Kier alpha value is -1.56. The Kier molecular flexibility index (Phi) is 2.52. The summed E-state index contributed by atoms with van der Waals surface area (Å²) in [5, 5.41) is 0. The van der Waals surface area contributed by atoms with Gasteiger partial charge in [0.15, 0.2) is 0 Å². The number of nitrogen functional groups attached to an aromatic ring is 1. The van der Waals surface area contributed by atoms with Gasteiger partial charge < -0.3 is 5.73 Å². The van der Waals surface area contributed by atoms with E-state index in [9.17, 15) is 13.2 Å². The molecule has 1 amide bonds. The molecule has 13 heavy (non-hydrogen) atoms. The Balaban J connectivity index is 3.08. The van der Waals surface area contributed by atoms with Crippen molar-refractivity contribution in [2.75, 3.05) is 5.73 Å². The highest BCUT2D eigenvalue weighted by atomic mass is 32.2. The van der Waals surface area contributed by atoms with Gasteiger partial charge in [0.1, 0.15) is 0 Å². The number of nitrogens with two attached hydrogens (primary N) is 1. The molecule has 0 heterocycles. The van der Waals surface area contributed by atoms with Crippen LogP contribution in [0.15, 0.2) is 29.2 Å². The molecule has 0 atom stereocenters. The molecule has 0 saturated carbocycles. The van der Waals surface area contributed by atoms with Crippen molar-refractivity contribution >= 4 is 22.1 Å². The van der Waals surface area contributed by atoms with Crippen molar-refractivity contribution in [1.82, 2.24) is 4.72 Å². The number of nitrogens with one attached hydrogen (secondary N) is 1. The van der Waals surface area contributed by atoms with Crippen molar-refractivity contribution in [1.29, 1.82) is 0 Å². The van der Waals surface area contributed by atoms with Crippen LogP contribution in [0.4, 0.5) is 5.69 Å². The Morgan fingerprint density at radius 3 is 2.23 bits per heavy atom. The number of sulfonamides is 1. The average molecular weight is 200 g/mol. The van der Waals surface area contributed by atoms with Crippen molar-refractivity contribution in [2.24, 2.45) is 0 Å². The molecule has 0 spiro atoms. The zero-order valence-electron chi connectivity index (χ0n) is 6.60. The lowest BCUT2D eigenvalue weighted by molar-refractivity contribution is -0.108. The van der Waals surface area contributed by atoms with Gasteiger partial charge >= 0.3 is 0 Å². The summed E-state index contributed by atoms with van der Waals surface area (Å²) in [5.41, 5.74) is 5.82. The third-order valence-electron chi connectivity index (χ3n) is 1.39. The van der Waals surface area contributed by atoms with Crippen LogP contribution in [0.2, 0.25) is 0 Å². The Morgan fingerprint density at radius 2 is 1.77 bits per heavy atom. The van der Waals surface area contributed by atoms with E-state index >= 15 is 0 Å². The largest absolute Gasteiger partial charge is 0.399 e. The number of rotatable bonds is 3. The van der Waals surface area contributed by atoms with E-state index in [-0.39, 0.29) is 11.3 Å². The van der Waals surface area contributed by atoms with Crippen LogP contribution in [-0.4, -0.2) is 14.8 Å². The number of hydrogen-bond acceptors (Lipinski definition) is 4. The second-order valence-electron chi connectivity index (χ2n) is 2.31. The maximum atomic E-state index is 11.2. The smallest absolute Gasteiger partial charge is 0.263 e. The van der Waals surface area contributed by atoms with E-state index in [2.05, 4.69) is 0 Å². The van der Waals surface area contributed by atoms with Crippen molar-refractivity contribution in [2.45, 2.75) is 4.90 Å². The van der Waals surface area contributed by atoms with Gasteiger partial charge in [0.05, 0.1) is 4.90 Å². The van der Waals surface area contributed by atoms with E-state index in [0.29, 0.717) is 5.69 Å². The van der Waals surface area contributed by atoms with E-state index < -0.39 is 10.0 Å². The molecule has 0 radical (unpaired) electrons. The molecule has 0 aliphatic heterocycles. The maximum Gasteiger partial charge on any atom is 0.263 e. The van der Waals surface area contributed by atoms with E-state index in [0.717, 1.165) is 0 Å². The first-order valence-corrected chi connectivity index (χ1v) is 4.86. The molecule has 0 aromatic heterocycles. The van der Waals surface area contributed by atoms with Gasteiger partial charge in [-0.2, -0.15) is 0 Å². The first-order valence-electron chi connectivity index (χ1n) is 3.38. The molecule has 0 aliphatic carbocycles. The molecule has 5 nitrogen and oxygen atoms in total. The molecule has 1 aromatic carbocycles. The van der Waals surface area contributed by atoms with Gasteiger partial charge in [-0.15, -0.1) is 0 Å². The summed E-state index contributed by atoms with van der Waals surface area (Å²) in [6.45, 7) is 0. The lowest BCUT2D eigenvalue weighted by Crippen LogP contribution is -2.21. The minimum atomic E-state index is -3.70. The summed E-state index contributed by atoms with van der Waals surface area (Å²) in [5.74, 6) is 0. The third kappa shape index (κ3) is 2.19. The molecule has 70 valence electrons. The lowest BCUT2D eigenvalue weighted by atomic mass is 10.3. The summed E-state index contributed by atoms with van der Waals surface area (Å²) >= 11 is 0. The molecule has 0 unspecified atom stereocenters. The van der Waals surface area contributed by atoms with Crippen LogP contribution in [0.3, 0.4) is 0 Å². The second-order valence-corrected chi connectivity index (χ2v) is 4.02. The van der Waals surface area contributed by atoms with E-state index in [1.165, 1.54) is 24.3 Å². The molecular formula is C7H8N2O3S. The van der Waals surface area contributed by atoms with Gasteiger partial charge in [-0.1, -0.05) is 0 Å². The van der Waals surface area contributed by atoms with Crippen molar-refractivity contribution in [3.05, 3.63) is 24.3 Å². The first-order chi connectivity index (χ1) is 6.06. The molecule has 1 rings (SSSR count). The third-order valence-corrected chi connectivity index (χ3v) is 2.69. The summed E-state index contributed by atoms with van der Waals surface area (Å²) in [6, 6.07) is 5.53. The highest BCUT2D eigenvalue weighted by Crippen LogP contribution is 2.10. The zero-order valence-corrected chi connectivity index (χ0v) is 7.41. The monoisotopic (exact) mass is 200 g/mol. The fraction of sp³-hybridized carbons (Fsp3) is 0. The van der Waals surface area contributed by atoms with Gasteiger partial charge in [0, 0.05) is 5.69 Å². The number of hydrogen-bond donors (Lipinski definition) is 2. The second kappa shape index (κ2) is 3.44. The average Bonchev–Trinajstić information content (AvgIpc) is 2.05. The molecule has 0 aliphatic rings. The molecule has 0 bridgehead atoms. The Bertz CT molecular complexity index is 396. The summed E-state index contributed by atoms with van der Waals surface area (Å²) in [4.78, 5) is 9.95. The van der Waals surface area contributed by atoms with Crippen LogP contribution in [0.1, 0.15) is 0 Å². The van der Waals surface area contributed by atoms with Gasteiger partial charge in [-0.05, 0) is 24.3 Å². The van der Waals surface area contributed by atoms with E-state index in [4.69, 9.17) is 5.73 Å². The fourth-order valence-electron chi connectivity index (χ4n) is 0.778. The number of amides is 1. The summed E-state index contributed by atoms with van der Waals surface area (Å²) in [6.07, 6.45) is 0.117. The van der Waals surface area contributed by atoms with Crippen molar-refractivity contribution < 1.29 is 13.2 Å². The number of carbonyl (C=O) groups is 1. The maximum absolute atomic E-state index is 11.2. The topological polar surface area (TPSA) is 89.3 Å². The van der Waals surface area contributed by atoms with Gasteiger partial charge in [0.2, 0.25) is 6.41 Å². The number of carbonyl (C=O) groups excluding carboxylic acids is 1. The van der Waals surface area contributed by atoms with Crippen LogP contribution in [0.5, 0.6) is 0 Å². The predicted octanol–water partition coefficient (Wildman–Crippen LogP) is -0.297. The highest BCUT2D eigenvalue weighted by Gasteiger charge is 2.11. The van der Waals surface area contributed by atoms with Crippen LogP contribution < -0.4 is 10.5 Å². The normalized spacial score (nSPS) is 10.8. The van der Waals surface area contributed by atoms with E-state index in [1.54, 1.807) is 4.72 Å². The van der Waals surface area contributed by atoms with Crippen LogP contribution in [-0.2, 0) is 14.8 Å². The Labute approximate surface area is 75.6 Å². The van der Waals surface area contributed by atoms with Crippen LogP contribution in [0.25, 0.3) is 0 Å². The predicted molar refractivity (Wildman–Crippen MR) is 47.2 cm³/mol. The van der Waals surface area contributed by atoms with Gasteiger partial charge in [-0.25, -0.2) is 8.42 Å². The molecule has 3 N–H and O–H groups in total. The first kappa shape index (κ1) is 9.53. The van der Waals surface area contributed by atoms with Crippen molar-refractivity contribution in [3.8, 4) is 0 Å². The van der Waals surface area contributed by atoms with Crippen molar-refractivity contribution in [3.63, 3.8) is 0 Å². The molecule has 0 saturated heterocycles. The minimum absolute atomic E-state index is 0.00815. The summed E-state index contributed by atoms with van der Waals surface area (Å²) in [7, 11) is -3.70. The quantitative estimate of drug-likeness (QED) is 0.518. The SMILES string of the molecule is Nc1ccc(S(=O)(=O)NC=O)cc1. The molecule has 0 fully saturated rings. The van der Waals surface area contributed by atoms with Gasteiger partial charge in [0.25, 0.3) is 10.0 Å². The Morgan fingerprint density at radius 1 is 1.23 bits per heavy atom.